The van der Waals surface area contributed by atoms with Crippen LogP contribution in [0.25, 0.3) is 0 Å². The normalized spacial score (nSPS) is 16.1. The third-order valence-corrected chi connectivity index (χ3v) is 4.27. The van der Waals surface area contributed by atoms with Gasteiger partial charge in [-0.3, -0.25) is 14.5 Å². The molecule has 8 heteroatoms. The number of piperidine rings is 1. The van der Waals surface area contributed by atoms with Crippen LogP contribution in [-0.4, -0.2) is 53.9 Å². The van der Waals surface area contributed by atoms with Gasteiger partial charge in [0.25, 0.3) is 0 Å². The van der Waals surface area contributed by atoms with Gasteiger partial charge in [-0.05, 0) is 32.9 Å². The summed E-state index contributed by atoms with van der Waals surface area (Å²) in [5, 5.41) is 8.50. The molecule has 7 nitrogen and oxygen atoms in total. The average Bonchev–Trinajstić information content (AvgIpc) is 2.83. The smallest absolute Gasteiger partial charge is 0.240 e. The van der Waals surface area contributed by atoms with Crippen LogP contribution in [0.1, 0.15) is 18.5 Å². The molecular formula is C13H21N5O2S. The molecule has 1 aromatic rings. The van der Waals surface area contributed by atoms with Crippen molar-refractivity contribution in [3.05, 3.63) is 11.1 Å². The Morgan fingerprint density at radius 1 is 1.48 bits per heavy atom. The minimum Gasteiger partial charge on any atom is -0.369 e. The van der Waals surface area contributed by atoms with Crippen LogP contribution in [0.4, 0.5) is 5.13 Å². The van der Waals surface area contributed by atoms with Gasteiger partial charge >= 0.3 is 0 Å². The molecule has 1 aliphatic rings. The summed E-state index contributed by atoms with van der Waals surface area (Å²) < 4.78 is 0. The highest BCUT2D eigenvalue weighted by atomic mass is 32.1. The number of hydrogen-bond donors (Lipinski definition) is 3. The van der Waals surface area contributed by atoms with Gasteiger partial charge < -0.3 is 16.4 Å². The zero-order valence-corrected chi connectivity index (χ0v) is 12.9. The number of amides is 2. The topological polar surface area (TPSA) is 100 Å². The van der Waals surface area contributed by atoms with Gasteiger partial charge in [0.05, 0.1) is 18.8 Å². The van der Waals surface area contributed by atoms with Gasteiger partial charge in [0.1, 0.15) is 0 Å². The summed E-state index contributed by atoms with van der Waals surface area (Å²) in [6.45, 7) is 3.93. The zero-order valence-electron chi connectivity index (χ0n) is 12.1. The van der Waals surface area contributed by atoms with Gasteiger partial charge in [-0.2, -0.15) is 0 Å². The van der Waals surface area contributed by atoms with E-state index in [0.717, 1.165) is 31.6 Å². The van der Waals surface area contributed by atoms with E-state index in [9.17, 15) is 9.59 Å². The van der Waals surface area contributed by atoms with Crippen LogP contribution in [0.3, 0.4) is 0 Å². The Morgan fingerprint density at radius 2 is 2.19 bits per heavy atom. The van der Waals surface area contributed by atoms with Crippen molar-refractivity contribution in [1.29, 1.82) is 0 Å². The summed E-state index contributed by atoms with van der Waals surface area (Å²) in [5.74, 6) is -0.574. The zero-order chi connectivity index (χ0) is 15.2. The van der Waals surface area contributed by atoms with Crippen molar-refractivity contribution in [2.24, 2.45) is 5.73 Å². The standard InChI is InChI=1S/C13H21N5O2S/c1-9-8-21-13(16-9)17-12(20)7-18(6-11(14)19)10-2-4-15-5-3-10/h8,10,15H,2-7H2,1H3,(H2,14,19)(H,16,17,20). The minimum atomic E-state index is -0.411. The fraction of sp³-hybridized carbons (Fsp3) is 0.615. The summed E-state index contributed by atoms with van der Waals surface area (Å²) in [6.07, 6.45) is 1.83. The van der Waals surface area contributed by atoms with Crippen LogP contribution in [0.15, 0.2) is 5.38 Å². The predicted molar refractivity (Wildman–Crippen MR) is 82.1 cm³/mol. The van der Waals surface area contributed by atoms with Gasteiger partial charge in [-0.25, -0.2) is 4.98 Å². The van der Waals surface area contributed by atoms with Gasteiger partial charge in [-0.1, -0.05) is 0 Å². The van der Waals surface area contributed by atoms with Gasteiger partial charge in [0.2, 0.25) is 11.8 Å². The number of primary amides is 1. The molecule has 0 atom stereocenters. The summed E-state index contributed by atoms with van der Waals surface area (Å²) >= 11 is 1.39. The van der Waals surface area contributed by atoms with Crippen LogP contribution >= 0.6 is 11.3 Å². The van der Waals surface area contributed by atoms with Crippen molar-refractivity contribution in [2.75, 3.05) is 31.5 Å². The molecule has 4 N–H and O–H groups in total. The second-order valence-electron chi connectivity index (χ2n) is 5.19. The number of nitrogens with zero attached hydrogens (tertiary/aromatic N) is 2. The Bertz CT molecular complexity index is 499. The Hall–Kier alpha value is -1.51. The maximum Gasteiger partial charge on any atom is 0.240 e. The molecule has 2 rings (SSSR count). The predicted octanol–water partition coefficient (Wildman–Crippen LogP) is -0.0707. The highest BCUT2D eigenvalue weighted by molar-refractivity contribution is 7.13. The lowest BCUT2D eigenvalue weighted by atomic mass is 10.0. The van der Waals surface area contributed by atoms with E-state index in [2.05, 4.69) is 15.6 Å². The number of hydrogen-bond acceptors (Lipinski definition) is 6. The molecule has 1 aliphatic heterocycles. The maximum atomic E-state index is 12.1. The highest BCUT2D eigenvalue weighted by Gasteiger charge is 2.24. The number of anilines is 1. The minimum absolute atomic E-state index is 0.106. The molecule has 21 heavy (non-hydrogen) atoms. The lowest BCUT2D eigenvalue weighted by molar-refractivity contribution is -0.122. The maximum absolute atomic E-state index is 12.1. The highest BCUT2D eigenvalue weighted by Crippen LogP contribution is 2.15. The number of nitrogens with one attached hydrogen (secondary N) is 2. The van der Waals surface area contributed by atoms with E-state index in [4.69, 9.17) is 5.73 Å². The van der Waals surface area contributed by atoms with Crippen LogP contribution in [-0.2, 0) is 9.59 Å². The van der Waals surface area contributed by atoms with Crippen LogP contribution in [0.2, 0.25) is 0 Å². The number of rotatable bonds is 6. The van der Waals surface area contributed by atoms with Crippen molar-refractivity contribution >= 4 is 28.3 Å². The Morgan fingerprint density at radius 3 is 2.76 bits per heavy atom. The van der Waals surface area contributed by atoms with E-state index in [1.54, 1.807) is 0 Å². The molecule has 0 spiro atoms. The molecule has 0 bridgehead atoms. The lowest BCUT2D eigenvalue weighted by Gasteiger charge is -2.33. The van der Waals surface area contributed by atoms with E-state index in [1.807, 2.05) is 17.2 Å². The van der Waals surface area contributed by atoms with E-state index in [1.165, 1.54) is 11.3 Å². The molecule has 0 saturated carbocycles. The molecule has 0 aromatic carbocycles. The van der Waals surface area contributed by atoms with E-state index < -0.39 is 5.91 Å². The molecule has 1 aromatic heterocycles. The van der Waals surface area contributed by atoms with Crippen LogP contribution in [0, 0.1) is 6.92 Å². The summed E-state index contributed by atoms with van der Waals surface area (Å²) in [6, 6.07) is 0.211. The fourth-order valence-corrected chi connectivity index (χ4v) is 3.15. The number of aryl methyl sites for hydroxylation is 1. The van der Waals surface area contributed by atoms with Crippen molar-refractivity contribution in [1.82, 2.24) is 15.2 Å². The van der Waals surface area contributed by atoms with E-state index in [-0.39, 0.29) is 25.0 Å². The number of nitrogens with two attached hydrogens (primary N) is 1. The van der Waals surface area contributed by atoms with Gasteiger partial charge in [0, 0.05) is 11.4 Å². The fourth-order valence-electron chi connectivity index (χ4n) is 2.44. The molecule has 0 radical (unpaired) electrons. The molecular weight excluding hydrogens is 290 g/mol. The number of thiazole rings is 1. The Kier molecular flexibility index (Phi) is 5.66. The molecule has 1 fully saturated rings. The first-order chi connectivity index (χ1) is 10.0. The lowest BCUT2D eigenvalue weighted by Crippen LogP contribution is -2.49. The van der Waals surface area contributed by atoms with Crippen molar-refractivity contribution in [2.45, 2.75) is 25.8 Å². The molecule has 0 unspecified atom stereocenters. The first kappa shape index (κ1) is 15.9. The SMILES string of the molecule is Cc1csc(NC(=O)CN(CC(N)=O)C2CCNCC2)n1. The number of aromatic nitrogens is 1. The third-order valence-electron chi connectivity index (χ3n) is 3.40. The third kappa shape index (κ3) is 5.07. The van der Waals surface area contributed by atoms with E-state index >= 15 is 0 Å². The first-order valence-electron chi connectivity index (χ1n) is 6.99. The number of carbonyl (C=O) groups is 2. The van der Waals surface area contributed by atoms with Crippen molar-refractivity contribution in [3.8, 4) is 0 Å². The van der Waals surface area contributed by atoms with Crippen molar-refractivity contribution in [3.63, 3.8) is 0 Å². The second kappa shape index (κ2) is 7.48. The molecule has 1 saturated heterocycles. The molecule has 0 aliphatic carbocycles. The number of carbonyl (C=O) groups excluding carboxylic acids is 2. The van der Waals surface area contributed by atoms with Gasteiger partial charge in [-0.15, -0.1) is 11.3 Å². The second-order valence-corrected chi connectivity index (χ2v) is 6.05. The van der Waals surface area contributed by atoms with E-state index in [0.29, 0.717) is 5.13 Å². The van der Waals surface area contributed by atoms with Crippen LogP contribution < -0.4 is 16.4 Å². The summed E-state index contributed by atoms with van der Waals surface area (Å²) in [4.78, 5) is 29.4. The Labute approximate surface area is 127 Å². The average molecular weight is 311 g/mol. The summed E-state index contributed by atoms with van der Waals surface area (Å²) in [7, 11) is 0. The first-order valence-corrected chi connectivity index (χ1v) is 7.87. The Balaban J connectivity index is 1.93. The molecule has 2 amide bonds. The van der Waals surface area contributed by atoms with Crippen molar-refractivity contribution < 1.29 is 9.59 Å². The quantitative estimate of drug-likeness (QED) is 0.683. The summed E-state index contributed by atoms with van der Waals surface area (Å²) in [5.41, 5.74) is 6.17. The molecule has 116 valence electrons. The molecule has 2 heterocycles. The largest absolute Gasteiger partial charge is 0.369 e. The monoisotopic (exact) mass is 311 g/mol. The van der Waals surface area contributed by atoms with Crippen LogP contribution in [0.5, 0.6) is 0 Å². The van der Waals surface area contributed by atoms with Gasteiger partial charge in [0.15, 0.2) is 5.13 Å².